The highest BCUT2D eigenvalue weighted by Gasteiger charge is 2.29. The van der Waals surface area contributed by atoms with E-state index >= 15 is 0 Å². The maximum Gasteiger partial charge on any atom is 0.243 e. The van der Waals surface area contributed by atoms with Crippen LogP contribution in [0.3, 0.4) is 0 Å². The summed E-state index contributed by atoms with van der Waals surface area (Å²) in [4.78, 5) is 5.05. The number of hydrogen-bond acceptors (Lipinski definition) is 4. The summed E-state index contributed by atoms with van der Waals surface area (Å²) in [5.41, 5.74) is 0. The first-order valence-electron chi connectivity index (χ1n) is 9.14. The summed E-state index contributed by atoms with van der Waals surface area (Å²) in [6.07, 6.45) is 3.78. The molecular formula is C18H30N4O2S2. The predicted octanol–water partition coefficient (Wildman–Crippen LogP) is 2.01. The Kier molecular flexibility index (Phi) is 8.74. The van der Waals surface area contributed by atoms with Crippen LogP contribution in [0.2, 0.25) is 0 Å². The van der Waals surface area contributed by atoms with Gasteiger partial charge in [0, 0.05) is 38.5 Å². The number of benzene rings is 1. The molecule has 2 rings (SSSR count). The topological polar surface area (TPSA) is 73.8 Å². The van der Waals surface area contributed by atoms with Crippen LogP contribution in [0.5, 0.6) is 0 Å². The van der Waals surface area contributed by atoms with Gasteiger partial charge in [0.1, 0.15) is 0 Å². The number of thioether (sulfide) groups is 1. The van der Waals surface area contributed by atoms with Crippen LogP contribution in [0.1, 0.15) is 19.8 Å². The highest BCUT2D eigenvalue weighted by atomic mass is 32.2. The normalized spacial score (nSPS) is 17.2. The smallest absolute Gasteiger partial charge is 0.243 e. The standard InChI is InChI=1S/C18H30N4O2S2/c1-3-19-18(20-11-14-25-2)21-15-16-9-12-22(13-10-16)26(23,24)17-7-5-4-6-8-17/h4-8,16H,3,9-15H2,1-2H3,(H2,19,20,21). The fourth-order valence-corrected chi connectivity index (χ4v) is 4.70. The number of guanidine groups is 1. The maximum atomic E-state index is 12.7. The Morgan fingerprint density at radius 2 is 1.92 bits per heavy atom. The fraction of sp³-hybridized carbons (Fsp3) is 0.611. The summed E-state index contributed by atoms with van der Waals surface area (Å²) < 4.78 is 26.9. The number of nitrogens with zero attached hydrogens (tertiary/aromatic N) is 2. The van der Waals surface area contributed by atoms with Crippen molar-refractivity contribution in [2.24, 2.45) is 10.9 Å². The summed E-state index contributed by atoms with van der Waals surface area (Å²) in [6, 6.07) is 8.68. The van der Waals surface area contributed by atoms with Crippen LogP contribution in [0.4, 0.5) is 0 Å². The first-order chi connectivity index (χ1) is 12.6. The minimum atomic E-state index is -3.37. The lowest BCUT2D eigenvalue weighted by atomic mass is 9.98. The Morgan fingerprint density at radius 3 is 2.54 bits per heavy atom. The molecule has 0 amide bonds. The van der Waals surface area contributed by atoms with Crippen molar-refractivity contribution in [1.82, 2.24) is 14.9 Å². The summed E-state index contributed by atoms with van der Waals surface area (Å²) in [7, 11) is -3.37. The molecule has 8 heteroatoms. The molecule has 0 aliphatic carbocycles. The minimum Gasteiger partial charge on any atom is -0.357 e. The summed E-state index contributed by atoms with van der Waals surface area (Å²) in [5, 5.41) is 6.59. The van der Waals surface area contributed by atoms with Gasteiger partial charge in [-0.15, -0.1) is 0 Å². The van der Waals surface area contributed by atoms with Gasteiger partial charge < -0.3 is 10.6 Å². The summed E-state index contributed by atoms with van der Waals surface area (Å²) in [5.74, 6) is 2.31. The van der Waals surface area contributed by atoms with E-state index in [4.69, 9.17) is 0 Å². The van der Waals surface area contributed by atoms with Crippen LogP contribution < -0.4 is 10.6 Å². The molecule has 0 saturated carbocycles. The Morgan fingerprint density at radius 1 is 1.23 bits per heavy atom. The average molecular weight is 399 g/mol. The third-order valence-electron chi connectivity index (χ3n) is 4.40. The van der Waals surface area contributed by atoms with E-state index < -0.39 is 10.0 Å². The van der Waals surface area contributed by atoms with Gasteiger partial charge in [-0.25, -0.2) is 8.42 Å². The molecule has 1 aliphatic rings. The van der Waals surface area contributed by atoms with Gasteiger partial charge in [-0.3, -0.25) is 4.99 Å². The Labute approximate surface area is 161 Å². The Hall–Kier alpha value is -1.25. The minimum absolute atomic E-state index is 0.379. The number of nitrogens with one attached hydrogen (secondary N) is 2. The van der Waals surface area contributed by atoms with Crippen LogP contribution in [-0.4, -0.2) is 63.4 Å². The molecular weight excluding hydrogens is 368 g/mol. The van der Waals surface area contributed by atoms with Gasteiger partial charge in [0.15, 0.2) is 5.96 Å². The maximum absolute atomic E-state index is 12.7. The van der Waals surface area contributed by atoms with E-state index in [9.17, 15) is 8.42 Å². The Balaban J connectivity index is 1.86. The number of rotatable bonds is 8. The molecule has 0 aromatic heterocycles. The van der Waals surface area contributed by atoms with E-state index in [2.05, 4.69) is 28.8 Å². The van der Waals surface area contributed by atoms with Crippen LogP contribution in [0, 0.1) is 5.92 Å². The van der Waals surface area contributed by atoms with E-state index in [1.54, 1.807) is 40.3 Å². The highest BCUT2D eigenvalue weighted by Crippen LogP contribution is 2.23. The second-order valence-corrected chi connectivity index (χ2v) is 9.22. The lowest BCUT2D eigenvalue weighted by Gasteiger charge is -2.30. The first kappa shape index (κ1) is 21.1. The molecule has 6 nitrogen and oxygen atoms in total. The molecule has 1 fully saturated rings. The second-order valence-electron chi connectivity index (χ2n) is 6.30. The molecule has 1 saturated heterocycles. The van der Waals surface area contributed by atoms with E-state index in [0.29, 0.717) is 23.9 Å². The van der Waals surface area contributed by atoms with Crippen LogP contribution >= 0.6 is 11.8 Å². The van der Waals surface area contributed by atoms with Gasteiger partial charge in [0.2, 0.25) is 10.0 Å². The van der Waals surface area contributed by atoms with Gasteiger partial charge in [0.25, 0.3) is 0 Å². The van der Waals surface area contributed by atoms with Gasteiger partial charge in [0.05, 0.1) is 4.90 Å². The van der Waals surface area contributed by atoms with Crippen molar-refractivity contribution in [1.29, 1.82) is 0 Å². The van der Waals surface area contributed by atoms with Crippen molar-refractivity contribution in [2.45, 2.75) is 24.7 Å². The largest absolute Gasteiger partial charge is 0.357 e. The fourth-order valence-electron chi connectivity index (χ4n) is 2.91. The molecule has 0 spiro atoms. The van der Waals surface area contributed by atoms with Crippen molar-refractivity contribution < 1.29 is 8.42 Å². The predicted molar refractivity (Wildman–Crippen MR) is 110 cm³/mol. The lowest BCUT2D eigenvalue weighted by molar-refractivity contribution is 0.278. The molecule has 26 heavy (non-hydrogen) atoms. The zero-order chi connectivity index (χ0) is 18.8. The quantitative estimate of drug-likeness (QED) is 0.398. The van der Waals surface area contributed by atoms with Gasteiger partial charge >= 0.3 is 0 Å². The monoisotopic (exact) mass is 398 g/mol. The zero-order valence-electron chi connectivity index (χ0n) is 15.6. The molecule has 146 valence electrons. The van der Waals surface area contributed by atoms with E-state index in [1.165, 1.54) is 0 Å². The van der Waals surface area contributed by atoms with Crippen molar-refractivity contribution in [3.63, 3.8) is 0 Å². The van der Waals surface area contributed by atoms with Gasteiger partial charge in [-0.1, -0.05) is 18.2 Å². The SMILES string of the molecule is CCNC(=NCC1CCN(S(=O)(=O)c2ccccc2)CC1)NCCSC. The van der Waals surface area contributed by atoms with Crippen molar-refractivity contribution in [3.05, 3.63) is 30.3 Å². The third kappa shape index (κ3) is 6.17. The molecule has 0 bridgehead atoms. The van der Waals surface area contributed by atoms with Crippen LogP contribution in [0.15, 0.2) is 40.2 Å². The van der Waals surface area contributed by atoms with Crippen LogP contribution in [0.25, 0.3) is 0 Å². The molecule has 1 aromatic rings. The zero-order valence-corrected chi connectivity index (χ0v) is 17.3. The molecule has 0 radical (unpaired) electrons. The second kappa shape index (κ2) is 10.8. The molecule has 0 atom stereocenters. The number of hydrogen-bond donors (Lipinski definition) is 2. The molecule has 1 aliphatic heterocycles. The van der Waals surface area contributed by atoms with E-state index in [-0.39, 0.29) is 0 Å². The summed E-state index contributed by atoms with van der Waals surface area (Å²) >= 11 is 1.80. The Bertz CT molecular complexity index is 657. The van der Waals surface area contributed by atoms with Crippen molar-refractivity contribution in [2.75, 3.05) is 44.7 Å². The van der Waals surface area contributed by atoms with Crippen molar-refractivity contribution >= 4 is 27.7 Å². The van der Waals surface area contributed by atoms with Gasteiger partial charge in [-0.05, 0) is 44.1 Å². The third-order valence-corrected chi connectivity index (χ3v) is 6.93. The highest BCUT2D eigenvalue weighted by molar-refractivity contribution is 7.98. The summed E-state index contributed by atoms with van der Waals surface area (Å²) in [6.45, 7) is 5.63. The number of sulfonamides is 1. The lowest BCUT2D eigenvalue weighted by Crippen LogP contribution is -2.40. The van der Waals surface area contributed by atoms with E-state index in [1.807, 2.05) is 6.07 Å². The average Bonchev–Trinajstić information content (AvgIpc) is 2.67. The van der Waals surface area contributed by atoms with Crippen molar-refractivity contribution in [3.8, 4) is 0 Å². The molecule has 2 N–H and O–H groups in total. The molecule has 1 aromatic carbocycles. The molecule has 0 unspecified atom stereocenters. The first-order valence-corrected chi connectivity index (χ1v) is 12.0. The number of piperidine rings is 1. The van der Waals surface area contributed by atoms with Gasteiger partial charge in [-0.2, -0.15) is 16.1 Å². The number of aliphatic imine (C=N–C) groups is 1. The molecule has 1 heterocycles. The van der Waals surface area contributed by atoms with Crippen LogP contribution in [-0.2, 0) is 10.0 Å². The van der Waals surface area contributed by atoms with E-state index in [0.717, 1.165) is 44.2 Å².